The Morgan fingerprint density at radius 1 is 1.18 bits per heavy atom. The lowest BCUT2D eigenvalue weighted by molar-refractivity contribution is 0.627. The molecule has 0 heterocycles. The van der Waals surface area contributed by atoms with Gasteiger partial charge in [0.2, 0.25) is 7.42 Å². The van der Waals surface area contributed by atoms with Crippen LogP contribution < -0.4 is 0 Å². The van der Waals surface area contributed by atoms with Gasteiger partial charge in [-0.25, -0.2) is 4.39 Å². The predicted octanol–water partition coefficient (Wildman–Crippen LogP) is 2.61. The van der Waals surface area contributed by atoms with Crippen molar-refractivity contribution < 1.29 is 4.39 Å². The van der Waals surface area contributed by atoms with Crippen LogP contribution in [0.15, 0.2) is 24.3 Å². The summed E-state index contributed by atoms with van der Waals surface area (Å²) in [4.78, 5) is 0. The van der Waals surface area contributed by atoms with E-state index in [9.17, 15) is 4.39 Å². The van der Waals surface area contributed by atoms with Gasteiger partial charge in [-0.1, -0.05) is 12.1 Å². The maximum Gasteiger partial charge on any atom is 0.241 e. The van der Waals surface area contributed by atoms with Gasteiger partial charge >= 0.3 is 0 Å². The number of rotatable bonds is 2. The summed E-state index contributed by atoms with van der Waals surface area (Å²) < 4.78 is 12.4. The summed E-state index contributed by atoms with van der Waals surface area (Å²) in [6.45, 7) is 0. The van der Waals surface area contributed by atoms with E-state index in [-0.39, 0.29) is 5.82 Å². The van der Waals surface area contributed by atoms with Gasteiger partial charge in [0.05, 0.1) is 0 Å². The lowest BCUT2D eigenvalue weighted by Crippen LogP contribution is -1.98. The molecule has 0 aromatic heterocycles. The van der Waals surface area contributed by atoms with Gasteiger partial charge in [0.1, 0.15) is 5.82 Å². The van der Waals surface area contributed by atoms with E-state index in [1.165, 1.54) is 12.1 Å². The molecular weight excluding hydrogens is 202 g/mol. The Bertz CT molecular complexity index is 222. The minimum absolute atomic E-state index is 0.226. The smallest absolute Gasteiger partial charge is 0.207 e. The fourth-order valence-corrected chi connectivity index (χ4v) is 2.50. The Kier molecular flexibility index (Phi) is 3.36. The Morgan fingerprint density at radius 2 is 1.73 bits per heavy atom. The van der Waals surface area contributed by atoms with Crippen molar-refractivity contribution >= 4 is 29.6 Å². The Labute approximate surface area is 76.0 Å². The second-order valence-corrected chi connectivity index (χ2v) is 7.24. The molecule has 0 radical (unpaired) electrons. The molecule has 0 aliphatic heterocycles. The zero-order valence-electron chi connectivity index (χ0n) is 5.73. The van der Waals surface area contributed by atoms with E-state index < -0.39 is 7.42 Å². The predicted molar refractivity (Wildman–Crippen MR) is 49.0 cm³/mol. The summed E-state index contributed by atoms with van der Waals surface area (Å²) in [7, 11) is -1.59. The largest absolute Gasteiger partial charge is 0.241 e. The van der Waals surface area contributed by atoms with E-state index in [4.69, 9.17) is 22.2 Å². The third kappa shape index (κ3) is 3.23. The Hall–Kier alpha value is -0.0531. The molecule has 0 saturated carbocycles. The molecule has 0 fully saturated rings. The standard InChI is InChI=1S/C7H7Cl2FSi/c8-11(9)5-6-1-3-7(10)4-2-6/h1-4,11H,5H2. The van der Waals surface area contributed by atoms with Gasteiger partial charge < -0.3 is 0 Å². The van der Waals surface area contributed by atoms with Gasteiger partial charge in [-0.15, -0.1) is 22.2 Å². The van der Waals surface area contributed by atoms with E-state index >= 15 is 0 Å². The number of hydrogen-bond acceptors (Lipinski definition) is 0. The molecule has 1 rings (SSSR count). The molecule has 0 spiro atoms. The molecule has 0 aliphatic rings. The average Bonchev–Trinajstić information content (AvgIpc) is 1.93. The monoisotopic (exact) mass is 208 g/mol. The molecule has 0 nitrogen and oxygen atoms in total. The van der Waals surface area contributed by atoms with E-state index in [0.717, 1.165) is 5.56 Å². The molecule has 0 atom stereocenters. The van der Waals surface area contributed by atoms with Crippen LogP contribution in [0.3, 0.4) is 0 Å². The molecule has 1 aromatic carbocycles. The fourth-order valence-electron chi connectivity index (χ4n) is 0.799. The van der Waals surface area contributed by atoms with E-state index in [1.54, 1.807) is 12.1 Å². The van der Waals surface area contributed by atoms with Crippen molar-refractivity contribution in [2.75, 3.05) is 0 Å². The van der Waals surface area contributed by atoms with E-state index in [0.29, 0.717) is 6.04 Å². The first-order valence-corrected chi connectivity index (χ1v) is 7.52. The van der Waals surface area contributed by atoms with Crippen molar-refractivity contribution in [3.63, 3.8) is 0 Å². The van der Waals surface area contributed by atoms with Crippen molar-refractivity contribution in [2.24, 2.45) is 0 Å². The summed E-state index contributed by atoms with van der Waals surface area (Å²) in [5.74, 6) is -0.226. The first kappa shape index (κ1) is 9.04. The van der Waals surface area contributed by atoms with Gasteiger partial charge in [0, 0.05) is 0 Å². The van der Waals surface area contributed by atoms with Crippen LogP contribution in [0.4, 0.5) is 4.39 Å². The molecule has 60 valence electrons. The van der Waals surface area contributed by atoms with Crippen molar-refractivity contribution in [2.45, 2.75) is 6.04 Å². The molecule has 0 N–H and O–H groups in total. The van der Waals surface area contributed by atoms with Gasteiger partial charge in [-0.05, 0) is 23.7 Å². The zero-order chi connectivity index (χ0) is 8.27. The summed E-state index contributed by atoms with van der Waals surface area (Å²) in [6.07, 6.45) is 0. The minimum Gasteiger partial charge on any atom is -0.207 e. The van der Waals surface area contributed by atoms with Crippen LogP contribution in [0.25, 0.3) is 0 Å². The van der Waals surface area contributed by atoms with Gasteiger partial charge in [0.25, 0.3) is 0 Å². The van der Waals surface area contributed by atoms with Crippen LogP contribution in [-0.4, -0.2) is 7.42 Å². The van der Waals surface area contributed by atoms with Gasteiger partial charge in [0.15, 0.2) is 0 Å². The molecule has 4 heteroatoms. The van der Waals surface area contributed by atoms with Crippen molar-refractivity contribution in [3.8, 4) is 0 Å². The summed E-state index contributed by atoms with van der Waals surface area (Å²) in [6, 6.07) is 6.95. The number of halogens is 3. The molecule has 0 amide bonds. The number of hydrogen-bond donors (Lipinski definition) is 0. The highest BCUT2D eigenvalue weighted by molar-refractivity contribution is 7.33. The highest BCUT2D eigenvalue weighted by atomic mass is 35.7. The first-order chi connectivity index (χ1) is 5.18. The molecule has 0 bridgehead atoms. The topological polar surface area (TPSA) is 0 Å². The summed E-state index contributed by atoms with van der Waals surface area (Å²) >= 11 is 11.3. The average molecular weight is 209 g/mol. The molecule has 0 saturated heterocycles. The number of benzene rings is 1. The maximum atomic E-state index is 12.4. The van der Waals surface area contributed by atoms with Crippen molar-refractivity contribution in [1.29, 1.82) is 0 Å². The Morgan fingerprint density at radius 3 is 2.18 bits per heavy atom. The molecular formula is C7H7Cl2FSi. The minimum atomic E-state index is -1.59. The molecule has 0 aliphatic carbocycles. The van der Waals surface area contributed by atoms with Crippen LogP contribution in [0, 0.1) is 5.82 Å². The summed E-state index contributed by atoms with van der Waals surface area (Å²) in [5, 5.41) is 0. The third-order valence-electron chi connectivity index (χ3n) is 1.30. The van der Waals surface area contributed by atoms with Crippen LogP contribution in [0.2, 0.25) is 0 Å². The van der Waals surface area contributed by atoms with E-state index in [2.05, 4.69) is 0 Å². The molecule has 11 heavy (non-hydrogen) atoms. The van der Waals surface area contributed by atoms with Crippen molar-refractivity contribution in [1.82, 2.24) is 0 Å². The van der Waals surface area contributed by atoms with Crippen molar-refractivity contribution in [3.05, 3.63) is 35.6 Å². The van der Waals surface area contributed by atoms with E-state index in [1.807, 2.05) is 0 Å². The van der Waals surface area contributed by atoms with Crippen LogP contribution in [0.5, 0.6) is 0 Å². The summed E-state index contributed by atoms with van der Waals surface area (Å²) in [5.41, 5.74) is 1.01. The van der Waals surface area contributed by atoms with Crippen LogP contribution in [0.1, 0.15) is 5.56 Å². The first-order valence-electron chi connectivity index (χ1n) is 3.21. The highest BCUT2D eigenvalue weighted by Gasteiger charge is 2.02. The second kappa shape index (κ2) is 4.09. The fraction of sp³-hybridized carbons (Fsp3) is 0.143. The normalized spacial score (nSPS) is 10.5. The van der Waals surface area contributed by atoms with Crippen LogP contribution in [-0.2, 0) is 6.04 Å². The third-order valence-corrected chi connectivity index (χ3v) is 3.01. The second-order valence-electron chi connectivity index (χ2n) is 2.22. The molecule has 1 aromatic rings. The Balaban J connectivity index is 2.66. The maximum absolute atomic E-state index is 12.4. The lowest BCUT2D eigenvalue weighted by atomic mass is 10.2. The van der Waals surface area contributed by atoms with Gasteiger partial charge in [-0.3, -0.25) is 0 Å². The highest BCUT2D eigenvalue weighted by Crippen LogP contribution is 2.08. The lowest BCUT2D eigenvalue weighted by Gasteiger charge is -1.98. The van der Waals surface area contributed by atoms with Crippen LogP contribution >= 0.6 is 22.2 Å². The molecule has 0 unspecified atom stereocenters. The quantitative estimate of drug-likeness (QED) is 0.518. The zero-order valence-corrected chi connectivity index (χ0v) is 8.39. The SMILES string of the molecule is Fc1ccc(C[SiH](Cl)Cl)cc1. The van der Waals surface area contributed by atoms with Gasteiger partial charge in [-0.2, -0.15) is 0 Å².